The summed E-state index contributed by atoms with van der Waals surface area (Å²) >= 11 is 7.77. The molecule has 0 bridgehead atoms. The minimum atomic E-state index is -0.703. The average Bonchev–Trinajstić information content (AvgIpc) is 2.89. The van der Waals surface area contributed by atoms with Crippen molar-refractivity contribution in [3.05, 3.63) is 117 Å². The van der Waals surface area contributed by atoms with E-state index in [0.717, 1.165) is 11.3 Å². The van der Waals surface area contributed by atoms with E-state index in [-0.39, 0.29) is 17.6 Å². The fraction of sp³-hybridized carbons (Fsp3) is 0.138. The highest BCUT2D eigenvalue weighted by Crippen LogP contribution is 2.43. The molecule has 0 fully saturated rings. The molecule has 3 aromatic rings. The maximum atomic E-state index is 13.5. The maximum absolute atomic E-state index is 13.5. The number of nitriles is 1. The summed E-state index contributed by atoms with van der Waals surface area (Å²) in [5, 5.41) is 20.2. The Morgan fingerprint density at radius 2 is 1.65 bits per heavy atom. The molecule has 0 unspecified atom stereocenters. The largest absolute Gasteiger partial charge is 0.353 e. The van der Waals surface area contributed by atoms with E-state index in [4.69, 9.17) is 11.6 Å². The van der Waals surface area contributed by atoms with Gasteiger partial charge in [-0.25, -0.2) is 0 Å². The molecule has 0 saturated heterocycles. The molecular formula is C29H25ClN4O2S. The maximum Gasteiger partial charge on any atom is 0.254 e. The Labute approximate surface area is 225 Å². The lowest BCUT2D eigenvalue weighted by atomic mass is 9.82. The molecule has 186 valence electrons. The van der Waals surface area contributed by atoms with Crippen LogP contribution in [0.4, 0.5) is 11.4 Å². The van der Waals surface area contributed by atoms with E-state index in [0.29, 0.717) is 38.1 Å². The zero-order valence-corrected chi connectivity index (χ0v) is 21.9. The number of benzene rings is 3. The van der Waals surface area contributed by atoms with Gasteiger partial charge in [0.15, 0.2) is 0 Å². The Bertz CT molecular complexity index is 1440. The highest BCUT2D eigenvalue weighted by Gasteiger charge is 2.36. The van der Waals surface area contributed by atoms with E-state index < -0.39 is 5.92 Å². The van der Waals surface area contributed by atoms with Crippen molar-refractivity contribution in [2.24, 2.45) is 0 Å². The van der Waals surface area contributed by atoms with Crippen LogP contribution in [0, 0.1) is 18.3 Å². The van der Waals surface area contributed by atoms with Crippen LogP contribution in [0.3, 0.4) is 0 Å². The first-order valence-electron chi connectivity index (χ1n) is 11.6. The highest BCUT2D eigenvalue weighted by molar-refractivity contribution is 8.03. The van der Waals surface area contributed by atoms with Gasteiger partial charge in [-0.2, -0.15) is 5.26 Å². The molecule has 3 N–H and O–H groups in total. The molecule has 0 aromatic heterocycles. The Hall–Kier alpha value is -3.99. The van der Waals surface area contributed by atoms with Gasteiger partial charge in [-0.15, -0.1) is 0 Å². The number of carbonyl (C=O) groups excluding carboxylic acids is 2. The predicted octanol–water partition coefficient (Wildman–Crippen LogP) is 6.36. The first-order chi connectivity index (χ1) is 17.9. The number of nitrogens with zero attached hydrogens (tertiary/aromatic N) is 1. The number of allylic oxidation sites excluding steroid dienone is 2. The molecule has 1 heterocycles. The molecule has 3 aromatic carbocycles. The van der Waals surface area contributed by atoms with Crippen molar-refractivity contribution in [3.8, 4) is 6.07 Å². The fourth-order valence-corrected chi connectivity index (χ4v) is 5.24. The van der Waals surface area contributed by atoms with Gasteiger partial charge in [-0.05, 0) is 49.2 Å². The van der Waals surface area contributed by atoms with Gasteiger partial charge in [0, 0.05) is 27.7 Å². The van der Waals surface area contributed by atoms with Gasteiger partial charge in [-0.3, -0.25) is 9.59 Å². The van der Waals surface area contributed by atoms with Crippen LogP contribution in [0.5, 0.6) is 0 Å². The number of halogens is 1. The molecule has 0 spiro atoms. The van der Waals surface area contributed by atoms with Crippen molar-refractivity contribution >= 4 is 46.6 Å². The van der Waals surface area contributed by atoms with E-state index in [9.17, 15) is 14.9 Å². The number of aryl methyl sites for hydroxylation is 1. The van der Waals surface area contributed by atoms with Gasteiger partial charge in [-0.1, -0.05) is 78.0 Å². The second-order valence-corrected chi connectivity index (χ2v) is 9.84. The molecular weight excluding hydrogens is 504 g/mol. The number of nitrogens with one attached hydrogen (secondary N) is 3. The normalized spacial score (nSPS) is 15.0. The minimum Gasteiger partial charge on any atom is -0.353 e. The van der Waals surface area contributed by atoms with Gasteiger partial charge in [0.05, 0.1) is 28.3 Å². The summed E-state index contributed by atoms with van der Waals surface area (Å²) < 4.78 is 0. The molecule has 1 atom stereocenters. The number of para-hydroxylation sites is 2. The van der Waals surface area contributed by atoms with Gasteiger partial charge >= 0.3 is 0 Å². The van der Waals surface area contributed by atoms with Crippen LogP contribution in [0.1, 0.15) is 24.0 Å². The minimum absolute atomic E-state index is 0.0793. The number of amides is 2. The highest BCUT2D eigenvalue weighted by atomic mass is 35.5. The molecule has 37 heavy (non-hydrogen) atoms. The fourth-order valence-electron chi connectivity index (χ4n) is 4.10. The first kappa shape index (κ1) is 26.1. The first-order valence-corrected chi connectivity index (χ1v) is 13.0. The molecule has 6 nitrogen and oxygen atoms in total. The summed E-state index contributed by atoms with van der Waals surface area (Å²) in [6.45, 7) is 3.71. The van der Waals surface area contributed by atoms with Crippen molar-refractivity contribution in [1.29, 1.82) is 5.26 Å². The molecule has 2 amide bonds. The van der Waals surface area contributed by atoms with Crippen molar-refractivity contribution in [1.82, 2.24) is 5.32 Å². The number of anilines is 2. The Balaban J connectivity index is 1.65. The molecule has 0 saturated carbocycles. The Morgan fingerprint density at radius 3 is 2.35 bits per heavy atom. The lowest BCUT2D eigenvalue weighted by Gasteiger charge is -2.30. The summed E-state index contributed by atoms with van der Waals surface area (Å²) in [5.74, 6) is -1.16. The number of carbonyl (C=O) groups is 2. The summed E-state index contributed by atoms with van der Waals surface area (Å²) in [6.07, 6.45) is 0. The third kappa shape index (κ3) is 6.05. The van der Waals surface area contributed by atoms with Crippen LogP contribution in [-0.2, 0) is 9.59 Å². The van der Waals surface area contributed by atoms with Gasteiger partial charge < -0.3 is 16.0 Å². The average molecular weight is 529 g/mol. The molecule has 4 rings (SSSR count). The van der Waals surface area contributed by atoms with Gasteiger partial charge in [0.25, 0.3) is 5.91 Å². The summed E-state index contributed by atoms with van der Waals surface area (Å²) in [6, 6.07) is 26.1. The molecule has 0 radical (unpaired) electrons. The van der Waals surface area contributed by atoms with Crippen LogP contribution < -0.4 is 16.0 Å². The predicted molar refractivity (Wildman–Crippen MR) is 150 cm³/mol. The zero-order valence-electron chi connectivity index (χ0n) is 20.3. The molecule has 0 aliphatic carbocycles. The van der Waals surface area contributed by atoms with E-state index >= 15 is 0 Å². The van der Waals surface area contributed by atoms with Crippen molar-refractivity contribution in [2.45, 2.75) is 19.8 Å². The summed E-state index contributed by atoms with van der Waals surface area (Å²) in [5.41, 5.74) is 4.28. The van der Waals surface area contributed by atoms with Crippen LogP contribution >= 0.6 is 23.4 Å². The quantitative estimate of drug-likeness (QED) is 0.332. The third-order valence-electron chi connectivity index (χ3n) is 5.91. The van der Waals surface area contributed by atoms with E-state index in [2.05, 4.69) is 22.0 Å². The zero-order chi connectivity index (χ0) is 26.4. The monoisotopic (exact) mass is 528 g/mol. The summed E-state index contributed by atoms with van der Waals surface area (Å²) in [7, 11) is 0. The molecule has 1 aliphatic rings. The van der Waals surface area contributed by atoms with Crippen LogP contribution in [0.15, 0.2) is 101 Å². The van der Waals surface area contributed by atoms with Crippen molar-refractivity contribution in [2.75, 3.05) is 16.4 Å². The van der Waals surface area contributed by atoms with E-state index in [1.54, 1.807) is 31.2 Å². The lowest BCUT2D eigenvalue weighted by molar-refractivity contribution is -0.114. The SMILES string of the molecule is CC1=C(C(=O)Nc2ccccc2)[C@@H](c2ccccc2Cl)C(C#N)=C(SCC(=O)Nc2ccccc2C)N1. The topological polar surface area (TPSA) is 94.0 Å². The van der Waals surface area contributed by atoms with E-state index in [1.165, 1.54) is 11.8 Å². The number of hydrogen-bond acceptors (Lipinski definition) is 5. The summed E-state index contributed by atoms with van der Waals surface area (Å²) in [4.78, 5) is 26.2. The molecule has 1 aliphatic heterocycles. The number of hydrogen-bond donors (Lipinski definition) is 3. The Kier molecular flexibility index (Phi) is 8.34. The van der Waals surface area contributed by atoms with Gasteiger partial charge in [0.2, 0.25) is 5.91 Å². The Morgan fingerprint density at radius 1 is 0.973 bits per heavy atom. The molecule has 8 heteroatoms. The van der Waals surface area contributed by atoms with Crippen molar-refractivity contribution < 1.29 is 9.59 Å². The van der Waals surface area contributed by atoms with E-state index in [1.807, 2.05) is 61.5 Å². The van der Waals surface area contributed by atoms with Crippen LogP contribution in [-0.4, -0.2) is 17.6 Å². The number of rotatable bonds is 7. The standard InChI is InChI=1S/C29H25ClN4O2S/c1-18-10-6-9-15-24(18)34-25(35)17-37-29-22(16-31)27(21-13-7-8-14-23(21)30)26(19(2)32-29)28(36)33-20-11-4-3-5-12-20/h3-15,27,32H,17H2,1-2H3,(H,33,36)(H,34,35)/t27-/m0/s1. The smallest absolute Gasteiger partial charge is 0.254 e. The second-order valence-electron chi connectivity index (χ2n) is 8.44. The third-order valence-corrected chi connectivity index (χ3v) is 7.27. The number of dihydropyridines is 1. The van der Waals surface area contributed by atoms with Crippen molar-refractivity contribution in [3.63, 3.8) is 0 Å². The number of thioether (sulfide) groups is 1. The van der Waals surface area contributed by atoms with Crippen LogP contribution in [0.25, 0.3) is 0 Å². The van der Waals surface area contributed by atoms with Crippen LogP contribution in [0.2, 0.25) is 5.02 Å². The van der Waals surface area contributed by atoms with Gasteiger partial charge in [0.1, 0.15) is 0 Å². The lowest BCUT2D eigenvalue weighted by Crippen LogP contribution is -2.31. The second kappa shape index (κ2) is 11.8.